The van der Waals surface area contributed by atoms with Gasteiger partial charge in [-0.2, -0.15) is 0 Å². The number of rotatable bonds is 13. The van der Waals surface area contributed by atoms with Gasteiger partial charge in [0.2, 0.25) is 0 Å². The van der Waals surface area contributed by atoms with Crippen LogP contribution in [0.2, 0.25) is 6.04 Å². The van der Waals surface area contributed by atoms with Crippen LogP contribution in [0.25, 0.3) is 11.0 Å². The first kappa shape index (κ1) is 21.9. The second-order valence-corrected chi connectivity index (χ2v) is 8.80. The summed E-state index contributed by atoms with van der Waals surface area (Å²) in [6, 6.07) is 6.40. The SMILES string of the molecule is CCO[Si](CCC(O)COCc1ccc2nccnc2c1)(OCC)OCC. The average molecular weight is 395 g/mol. The van der Waals surface area contributed by atoms with E-state index in [1.54, 1.807) is 12.4 Å². The molecule has 1 heterocycles. The third-order valence-electron chi connectivity index (χ3n) is 3.99. The van der Waals surface area contributed by atoms with Crippen molar-refractivity contribution < 1.29 is 23.1 Å². The molecule has 0 amide bonds. The third kappa shape index (κ3) is 6.91. The summed E-state index contributed by atoms with van der Waals surface area (Å²) in [5.41, 5.74) is 2.68. The smallest absolute Gasteiger partial charge is 0.391 e. The summed E-state index contributed by atoms with van der Waals surface area (Å²) in [4.78, 5) is 8.54. The molecule has 1 aromatic heterocycles. The minimum Gasteiger partial charge on any atom is -0.391 e. The highest BCUT2D eigenvalue weighted by Crippen LogP contribution is 2.20. The summed E-state index contributed by atoms with van der Waals surface area (Å²) in [5.74, 6) is 0. The Bertz CT molecular complexity index is 671. The summed E-state index contributed by atoms with van der Waals surface area (Å²) in [6.07, 6.45) is 3.25. The highest BCUT2D eigenvalue weighted by molar-refractivity contribution is 6.60. The topological polar surface area (TPSA) is 82.9 Å². The Kier molecular flexibility index (Phi) is 9.26. The molecule has 0 aliphatic heterocycles. The highest BCUT2D eigenvalue weighted by atomic mass is 28.4. The summed E-state index contributed by atoms with van der Waals surface area (Å²) in [5, 5.41) is 10.3. The van der Waals surface area contributed by atoms with Crippen LogP contribution < -0.4 is 0 Å². The molecule has 1 unspecified atom stereocenters. The zero-order chi connectivity index (χ0) is 19.5. The van der Waals surface area contributed by atoms with Gasteiger partial charge in [0.05, 0.1) is 30.4 Å². The Labute approximate surface area is 162 Å². The second-order valence-electron chi connectivity index (χ2n) is 6.07. The lowest BCUT2D eigenvalue weighted by molar-refractivity contribution is 0.0201. The highest BCUT2D eigenvalue weighted by Gasteiger charge is 2.40. The summed E-state index contributed by atoms with van der Waals surface area (Å²) < 4.78 is 23.1. The molecular formula is C19H30N2O5Si. The fourth-order valence-electron chi connectivity index (χ4n) is 2.84. The summed E-state index contributed by atoms with van der Waals surface area (Å²) >= 11 is 0. The molecule has 1 aromatic carbocycles. The average Bonchev–Trinajstić information content (AvgIpc) is 2.67. The van der Waals surface area contributed by atoms with Crippen LogP contribution in [0.4, 0.5) is 0 Å². The van der Waals surface area contributed by atoms with Crippen molar-refractivity contribution in [3.63, 3.8) is 0 Å². The van der Waals surface area contributed by atoms with E-state index in [1.807, 2.05) is 39.0 Å². The minimum atomic E-state index is -2.72. The van der Waals surface area contributed by atoms with Crippen LogP contribution >= 0.6 is 0 Å². The zero-order valence-corrected chi connectivity index (χ0v) is 17.4. The van der Waals surface area contributed by atoms with Gasteiger partial charge >= 0.3 is 8.80 Å². The first-order valence-corrected chi connectivity index (χ1v) is 11.4. The van der Waals surface area contributed by atoms with Crippen molar-refractivity contribution in [1.82, 2.24) is 9.97 Å². The van der Waals surface area contributed by atoms with Crippen LogP contribution in [-0.4, -0.2) is 56.4 Å². The van der Waals surface area contributed by atoms with Crippen LogP contribution in [0.1, 0.15) is 32.8 Å². The van der Waals surface area contributed by atoms with Gasteiger partial charge in [-0.05, 0) is 44.9 Å². The van der Waals surface area contributed by atoms with Gasteiger partial charge in [0, 0.05) is 38.3 Å². The number of hydrogen-bond acceptors (Lipinski definition) is 7. The molecule has 150 valence electrons. The molecule has 2 rings (SSSR count). The molecule has 0 spiro atoms. The molecule has 7 nitrogen and oxygen atoms in total. The Morgan fingerprint density at radius 1 is 0.963 bits per heavy atom. The van der Waals surface area contributed by atoms with Gasteiger partial charge in [-0.15, -0.1) is 0 Å². The number of aliphatic hydroxyl groups is 1. The molecule has 0 radical (unpaired) electrons. The maximum absolute atomic E-state index is 10.3. The first-order valence-electron chi connectivity index (χ1n) is 9.49. The van der Waals surface area contributed by atoms with E-state index in [2.05, 4.69) is 9.97 Å². The minimum absolute atomic E-state index is 0.243. The van der Waals surface area contributed by atoms with Gasteiger partial charge in [0.15, 0.2) is 0 Å². The van der Waals surface area contributed by atoms with Crippen molar-refractivity contribution in [3.8, 4) is 0 Å². The molecule has 27 heavy (non-hydrogen) atoms. The van der Waals surface area contributed by atoms with E-state index in [9.17, 15) is 5.11 Å². The van der Waals surface area contributed by atoms with Crippen LogP contribution in [0, 0.1) is 0 Å². The van der Waals surface area contributed by atoms with Crippen LogP contribution in [0.3, 0.4) is 0 Å². The van der Waals surface area contributed by atoms with E-state index in [-0.39, 0.29) is 6.61 Å². The third-order valence-corrected chi connectivity index (χ3v) is 7.08. The van der Waals surface area contributed by atoms with Gasteiger partial charge in [-0.1, -0.05) is 6.07 Å². The van der Waals surface area contributed by atoms with E-state index in [1.165, 1.54) is 0 Å². The molecule has 0 fully saturated rings. The predicted molar refractivity (Wildman–Crippen MR) is 105 cm³/mol. The van der Waals surface area contributed by atoms with Crippen molar-refractivity contribution >= 4 is 19.8 Å². The lowest BCUT2D eigenvalue weighted by Crippen LogP contribution is -2.46. The standard InChI is InChI=1S/C19H30N2O5Si/c1-4-24-27(25-5-2,26-6-3)12-9-17(22)15-23-14-16-7-8-18-19(13-16)21-11-10-20-18/h7-8,10-11,13,17,22H,4-6,9,12,14-15H2,1-3H3. The van der Waals surface area contributed by atoms with Crippen LogP contribution in [-0.2, 0) is 24.6 Å². The van der Waals surface area contributed by atoms with Gasteiger partial charge in [0.25, 0.3) is 0 Å². The number of aliphatic hydroxyl groups excluding tert-OH is 1. The van der Waals surface area contributed by atoms with Gasteiger partial charge < -0.3 is 23.1 Å². The number of aromatic nitrogens is 2. The fourth-order valence-corrected chi connectivity index (χ4v) is 5.53. The maximum Gasteiger partial charge on any atom is 0.501 e. The predicted octanol–water partition coefficient (Wildman–Crippen LogP) is 2.95. The molecule has 0 saturated heterocycles. The first-order chi connectivity index (χ1) is 13.1. The maximum atomic E-state index is 10.3. The molecule has 8 heteroatoms. The Morgan fingerprint density at radius 3 is 2.22 bits per heavy atom. The number of ether oxygens (including phenoxy) is 1. The van der Waals surface area contributed by atoms with E-state index < -0.39 is 14.9 Å². The van der Waals surface area contributed by atoms with Crippen molar-refractivity contribution in [2.24, 2.45) is 0 Å². The van der Waals surface area contributed by atoms with E-state index >= 15 is 0 Å². The largest absolute Gasteiger partial charge is 0.501 e. The molecule has 0 aliphatic carbocycles. The van der Waals surface area contributed by atoms with E-state index in [4.69, 9.17) is 18.0 Å². The number of nitrogens with zero attached hydrogens (tertiary/aromatic N) is 2. The zero-order valence-electron chi connectivity index (χ0n) is 16.4. The molecule has 1 N–H and O–H groups in total. The molecule has 0 saturated carbocycles. The van der Waals surface area contributed by atoms with Crippen LogP contribution in [0.15, 0.2) is 30.6 Å². The number of benzene rings is 1. The van der Waals surface area contributed by atoms with Gasteiger partial charge in [-0.25, -0.2) is 0 Å². The van der Waals surface area contributed by atoms with Crippen molar-refractivity contribution in [3.05, 3.63) is 36.2 Å². The number of hydrogen-bond donors (Lipinski definition) is 1. The number of fused-ring (bicyclic) bond motifs is 1. The molecule has 0 aliphatic rings. The fraction of sp³-hybridized carbons (Fsp3) is 0.579. The van der Waals surface area contributed by atoms with Crippen molar-refractivity contribution in [2.75, 3.05) is 26.4 Å². The monoisotopic (exact) mass is 394 g/mol. The molecular weight excluding hydrogens is 364 g/mol. The molecule has 1 atom stereocenters. The van der Waals surface area contributed by atoms with Crippen molar-refractivity contribution in [1.29, 1.82) is 0 Å². The van der Waals surface area contributed by atoms with E-state index in [0.717, 1.165) is 16.6 Å². The Balaban J connectivity index is 1.80. The van der Waals surface area contributed by atoms with Gasteiger partial charge in [0.1, 0.15) is 0 Å². The Morgan fingerprint density at radius 2 is 1.59 bits per heavy atom. The normalized spacial score (nSPS) is 13.2. The quantitative estimate of drug-likeness (QED) is 0.523. The van der Waals surface area contributed by atoms with E-state index in [0.29, 0.717) is 38.9 Å². The lowest BCUT2D eigenvalue weighted by Gasteiger charge is -2.29. The van der Waals surface area contributed by atoms with Crippen molar-refractivity contribution in [2.45, 2.75) is 45.9 Å². The van der Waals surface area contributed by atoms with Crippen LogP contribution in [0.5, 0.6) is 0 Å². The lowest BCUT2D eigenvalue weighted by atomic mass is 10.2. The summed E-state index contributed by atoms with van der Waals surface area (Å²) in [7, 11) is -2.72. The second kappa shape index (κ2) is 11.4. The summed E-state index contributed by atoms with van der Waals surface area (Å²) in [6.45, 7) is 8.02. The molecule has 0 bridgehead atoms. The van der Waals surface area contributed by atoms with Gasteiger partial charge in [-0.3, -0.25) is 9.97 Å². The molecule has 2 aromatic rings. The Hall–Kier alpha value is -1.42.